The van der Waals surface area contributed by atoms with Gasteiger partial charge in [-0.1, -0.05) is 0 Å². The van der Waals surface area contributed by atoms with Gasteiger partial charge in [0.1, 0.15) is 11.6 Å². The quantitative estimate of drug-likeness (QED) is 0.927. The lowest BCUT2D eigenvalue weighted by molar-refractivity contribution is 0.132. The average Bonchev–Trinajstić information content (AvgIpc) is 2.41. The molecule has 2 atom stereocenters. The summed E-state index contributed by atoms with van der Waals surface area (Å²) in [6.07, 6.45) is 2.20. The fourth-order valence-electron chi connectivity index (χ4n) is 2.67. The van der Waals surface area contributed by atoms with E-state index in [0.29, 0.717) is 18.0 Å². The molecule has 0 aliphatic carbocycles. The molecule has 2 rings (SSSR count). The molecule has 1 aromatic rings. The Bertz CT molecular complexity index is 414. The molecular formula is C14H21ClF2N2. The summed E-state index contributed by atoms with van der Waals surface area (Å²) in [4.78, 5) is 2.19. The number of hydrogen-bond donors (Lipinski definition) is 1. The number of benzene rings is 1. The normalized spacial score (nSPS) is 21.8. The van der Waals surface area contributed by atoms with Crippen molar-refractivity contribution >= 4 is 12.4 Å². The highest BCUT2D eigenvalue weighted by Gasteiger charge is 2.25. The second-order valence-electron chi connectivity index (χ2n) is 5.08. The van der Waals surface area contributed by atoms with Gasteiger partial charge in [-0.15, -0.1) is 12.4 Å². The lowest BCUT2D eigenvalue weighted by Crippen LogP contribution is -2.40. The van der Waals surface area contributed by atoms with Crippen LogP contribution in [0.5, 0.6) is 0 Å². The van der Waals surface area contributed by atoms with E-state index in [1.165, 1.54) is 12.1 Å². The molecule has 1 aliphatic heterocycles. The van der Waals surface area contributed by atoms with Crippen LogP contribution in [0.25, 0.3) is 0 Å². The highest BCUT2D eigenvalue weighted by Crippen LogP contribution is 2.28. The van der Waals surface area contributed by atoms with Crippen LogP contribution >= 0.6 is 12.4 Å². The van der Waals surface area contributed by atoms with Crippen LogP contribution in [0.2, 0.25) is 0 Å². The van der Waals surface area contributed by atoms with E-state index in [1.54, 1.807) is 0 Å². The topological polar surface area (TPSA) is 29.3 Å². The standard InChI is InChI=1S/C14H20F2N2.ClH/c1-10(13-7-12(15)4-5-14(13)16)18-6-2-3-11(8-17)9-18;/h4-5,7,10-11H,2-3,6,8-9,17H2,1H3;1H. The van der Waals surface area contributed by atoms with Crippen LogP contribution in [-0.2, 0) is 0 Å². The van der Waals surface area contributed by atoms with Crippen molar-refractivity contribution in [1.82, 2.24) is 4.90 Å². The Hall–Kier alpha value is -0.710. The third-order valence-corrected chi connectivity index (χ3v) is 3.84. The zero-order valence-corrected chi connectivity index (χ0v) is 11.9. The van der Waals surface area contributed by atoms with Crippen molar-refractivity contribution in [2.45, 2.75) is 25.8 Å². The van der Waals surface area contributed by atoms with E-state index in [1.807, 2.05) is 6.92 Å². The van der Waals surface area contributed by atoms with Crippen LogP contribution in [0.1, 0.15) is 31.4 Å². The van der Waals surface area contributed by atoms with Gasteiger partial charge in [0, 0.05) is 18.2 Å². The zero-order chi connectivity index (χ0) is 13.1. The minimum atomic E-state index is -0.384. The van der Waals surface area contributed by atoms with Gasteiger partial charge in [0.2, 0.25) is 0 Å². The Labute approximate surface area is 119 Å². The average molecular weight is 291 g/mol. The van der Waals surface area contributed by atoms with Crippen LogP contribution in [0, 0.1) is 17.6 Å². The van der Waals surface area contributed by atoms with Crippen molar-refractivity contribution < 1.29 is 8.78 Å². The number of nitrogens with zero attached hydrogens (tertiary/aromatic N) is 1. The molecular weight excluding hydrogens is 270 g/mol. The van der Waals surface area contributed by atoms with Gasteiger partial charge in [-0.25, -0.2) is 8.78 Å². The predicted octanol–water partition coefficient (Wildman–Crippen LogP) is 3.12. The van der Waals surface area contributed by atoms with E-state index < -0.39 is 0 Å². The lowest BCUT2D eigenvalue weighted by Gasteiger charge is -2.36. The Kier molecular flexibility index (Phi) is 6.17. The first-order chi connectivity index (χ1) is 8.61. The minimum Gasteiger partial charge on any atom is -0.330 e. The highest BCUT2D eigenvalue weighted by molar-refractivity contribution is 5.85. The Morgan fingerprint density at radius 3 is 2.84 bits per heavy atom. The van der Waals surface area contributed by atoms with E-state index in [0.717, 1.165) is 32.0 Å². The molecule has 2 N–H and O–H groups in total. The minimum absolute atomic E-state index is 0. The van der Waals surface area contributed by atoms with E-state index >= 15 is 0 Å². The Morgan fingerprint density at radius 1 is 1.42 bits per heavy atom. The van der Waals surface area contributed by atoms with Crippen LogP contribution < -0.4 is 5.73 Å². The van der Waals surface area contributed by atoms with E-state index in [2.05, 4.69) is 4.90 Å². The van der Waals surface area contributed by atoms with Gasteiger partial charge in [0.15, 0.2) is 0 Å². The maximum atomic E-state index is 13.7. The van der Waals surface area contributed by atoms with Gasteiger partial charge in [0.25, 0.3) is 0 Å². The fourth-order valence-corrected chi connectivity index (χ4v) is 2.67. The van der Waals surface area contributed by atoms with Gasteiger partial charge in [-0.2, -0.15) is 0 Å². The number of hydrogen-bond acceptors (Lipinski definition) is 2. The molecule has 0 spiro atoms. The highest BCUT2D eigenvalue weighted by atomic mass is 35.5. The first-order valence-corrected chi connectivity index (χ1v) is 6.51. The maximum absolute atomic E-state index is 13.7. The molecule has 1 heterocycles. The summed E-state index contributed by atoms with van der Waals surface area (Å²) in [5.74, 6) is -0.248. The van der Waals surface area contributed by atoms with E-state index in [9.17, 15) is 8.78 Å². The first kappa shape index (κ1) is 16.3. The van der Waals surface area contributed by atoms with Gasteiger partial charge in [-0.3, -0.25) is 4.90 Å². The number of rotatable bonds is 3. The molecule has 1 saturated heterocycles. The summed E-state index contributed by atoms with van der Waals surface area (Å²) >= 11 is 0. The van der Waals surface area contributed by atoms with Crippen molar-refractivity contribution in [3.8, 4) is 0 Å². The zero-order valence-electron chi connectivity index (χ0n) is 11.1. The molecule has 0 saturated carbocycles. The molecule has 1 aliphatic rings. The Morgan fingerprint density at radius 2 is 2.16 bits per heavy atom. The first-order valence-electron chi connectivity index (χ1n) is 6.51. The second kappa shape index (κ2) is 7.17. The molecule has 1 fully saturated rings. The fraction of sp³-hybridized carbons (Fsp3) is 0.571. The molecule has 0 aromatic heterocycles. The number of piperidine rings is 1. The van der Waals surface area contributed by atoms with Crippen LogP contribution in [0.15, 0.2) is 18.2 Å². The van der Waals surface area contributed by atoms with Gasteiger partial charge in [0.05, 0.1) is 0 Å². The molecule has 0 radical (unpaired) electrons. The molecule has 0 amide bonds. The molecule has 2 unspecified atom stereocenters. The maximum Gasteiger partial charge on any atom is 0.128 e. The third-order valence-electron chi connectivity index (χ3n) is 3.84. The van der Waals surface area contributed by atoms with Gasteiger partial charge < -0.3 is 5.73 Å². The van der Waals surface area contributed by atoms with Crippen molar-refractivity contribution in [2.24, 2.45) is 11.7 Å². The van der Waals surface area contributed by atoms with Crippen LogP contribution in [-0.4, -0.2) is 24.5 Å². The molecule has 108 valence electrons. The van der Waals surface area contributed by atoms with Crippen molar-refractivity contribution in [3.63, 3.8) is 0 Å². The summed E-state index contributed by atoms with van der Waals surface area (Å²) in [6, 6.07) is 3.55. The van der Waals surface area contributed by atoms with E-state index in [-0.39, 0.29) is 30.1 Å². The smallest absolute Gasteiger partial charge is 0.128 e. The molecule has 0 bridgehead atoms. The summed E-state index contributed by atoms with van der Waals surface area (Å²) < 4.78 is 26.9. The van der Waals surface area contributed by atoms with Gasteiger partial charge in [-0.05, 0) is 57.0 Å². The third kappa shape index (κ3) is 3.88. The van der Waals surface area contributed by atoms with Gasteiger partial charge >= 0.3 is 0 Å². The van der Waals surface area contributed by atoms with E-state index in [4.69, 9.17) is 5.73 Å². The second-order valence-corrected chi connectivity index (χ2v) is 5.08. The summed E-state index contributed by atoms with van der Waals surface area (Å²) in [7, 11) is 0. The SMILES string of the molecule is CC(c1cc(F)ccc1F)N1CCCC(CN)C1.Cl. The number of likely N-dealkylation sites (tertiary alicyclic amines) is 1. The van der Waals surface area contributed by atoms with Crippen molar-refractivity contribution in [2.75, 3.05) is 19.6 Å². The Balaban J connectivity index is 0.00000180. The van der Waals surface area contributed by atoms with Crippen molar-refractivity contribution in [3.05, 3.63) is 35.4 Å². The predicted molar refractivity (Wildman–Crippen MR) is 75.4 cm³/mol. The molecule has 2 nitrogen and oxygen atoms in total. The lowest BCUT2D eigenvalue weighted by atomic mass is 9.95. The largest absolute Gasteiger partial charge is 0.330 e. The molecule has 5 heteroatoms. The molecule has 19 heavy (non-hydrogen) atoms. The summed E-state index contributed by atoms with van der Waals surface area (Å²) in [5.41, 5.74) is 6.14. The number of halogens is 3. The summed E-state index contributed by atoms with van der Waals surface area (Å²) in [5, 5.41) is 0. The van der Waals surface area contributed by atoms with Crippen LogP contribution in [0.3, 0.4) is 0 Å². The summed E-state index contributed by atoms with van der Waals surface area (Å²) in [6.45, 7) is 4.38. The number of nitrogens with two attached hydrogens (primary N) is 1. The monoisotopic (exact) mass is 290 g/mol. The van der Waals surface area contributed by atoms with Crippen LogP contribution in [0.4, 0.5) is 8.78 Å². The molecule has 1 aromatic carbocycles. The van der Waals surface area contributed by atoms with Crippen molar-refractivity contribution in [1.29, 1.82) is 0 Å².